The monoisotopic (exact) mass is 454 g/mol. The molecule has 0 aliphatic heterocycles. The molecule has 4 aromatic rings. The molecule has 2 aromatic heterocycles. The average molecular weight is 455 g/mol. The first-order valence-electron chi connectivity index (χ1n) is 9.30. The number of hydrogen-bond acceptors (Lipinski definition) is 8. The third-order valence-corrected chi connectivity index (χ3v) is 4.54. The maximum absolute atomic E-state index is 12.3. The lowest BCUT2D eigenvalue weighted by Crippen LogP contribution is -2.22. The Kier molecular flexibility index (Phi) is 6.13. The van der Waals surface area contributed by atoms with Crippen LogP contribution in [0.25, 0.3) is 11.3 Å². The summed E-state index contributed by atoms with van der Waals surface area (Å²) >= 11 is 5.83. The van der Waals surface area contributed by atoms with E-state index in [2.05, 4.69) is 15.5 Å². The molecule has 2 aromatic carbocycles. The molecule has 2 heterocycles. The van der Waals surface area contributed by atoms with Crippen molar-refractivity contribution in [2.75, 3.05) is 0 Å². The summed E-state index contributed by atoms with van der Waals surface area (Å²) in [6.07, 6.45) is 0. The Hall–Kier alpha value is -4.18. The molecule has 0 saturated carbocycles. The smallest absolute Gasteiger partial charge is 0.287 e. The molecule has 0 aliphatic rings. The van der Waals surface area contributed by atoms with Crippen LogP contribution in [0.2, 0.25) is 5.02 Å². The van der Waals surface area contributed by atoms with Crippen molar-refractivity contribution in [2.45, 2.75) is 13.2 Å². The number of rotatable bonds is 8. The van der Waals surface area contributed by atoms with Crippen LogP contribution < -0.4 is 10.1 Å². The van der Waals surface area contributed by atoms with Gasteiger partial charge in [0.15, 0.2) is 18.2 Å². The summed E-state index contributed by atoms with van der Waals surface area (Å²) in [5, 5.41) is 17.8. The molecule has 0 saturated heterocycles. The SMILES string of the molecule is O=C(NCc1noc(COc2ccc(Cl)cc2)n1)c1ccc(-c2ccc([N+](=O)[O-])cc2)o1. The minimum atomic E-state index is -0.488. The number of carbonyl (C=O) groups is 1. The predicted octanol–water partition coefficient (Wildman–Crippen LogP) is 4.40. The molecule has 1 amide bonds. The molecule has 0 unspecified atom stereocenters. The highest BCUT2D eigenvalue weighted by atomic mass is 35.5. The van der Waals surface area contributed by atoms with Crippen LogP contribution in [0.3, 0.4) is 0 Å². The number of nitrogens with zero attached hydrogens (tertiary/aromatic N) is 3. The number of amides is 1. The number of halogens is 1. The maximum Gasteiger partial charge on any atom is 0.287 e. The standard InChI is InChI=1S/C21H15ClN4O6/c22-14-3-7-16(8-4-14)30-12-20-24-19(25-32-20)11-23-21(27)18-10-9-17(31-18)13-1-5-15(6-2-13)26(28)29/h1-10H,11-12H2,(H,23,27). The van der Waals surface area contributed by atoms with Crippen LogP contribution in [0.15, 0.2) is 69.6 Å². The molecule has 10 nitrogen and oxygen atoms in total. The van der Waals surface area contributed by atoms with Crippen LogP contribution in [0.4, 0.5) is 5.69 Å². The fourth-order valence-corrected chi connectivity index (χ4v) is 2.83. The molecule has 162 valence electrons. The fourth-order valence-electron chi connectivity index (χ4n) is 2.71. The van der Waals surface area contributed by atoms with E-state index in [0.717, 1.165) is 0 Å². The van der Waals surface area contributed by atoms with Crippen molar-refractivity contribution in [1.82, 2.24) is 15.5 Å². The number of non-ortho nitro benzene ring substituents is 1. The number of nitrogens with one attached hydrogen (secondary N) is 1. The van der Waals surface area contributed by atoms with Crippen molar-refractivity contribution >= 4 is 23.2 Å². The summed E-state index contributed by atoms with van der Waals surface area (Å²) in [6, 6.07) is 15.8. The molecule has 0 aliphatic carbocycles. The highest BCUT2D eigenvalue weighted by molar-refractivity contribution is 6.30. The average Bonchev–Trinajstić information content (AvgIpc) is 3.47. The van der Waals surface area contributed by atoms with Gasteiger partial charge in [-0.25, -0.2) is 0 Å². The van der Waals surface area contributed by atoms with E-state index in [0.29, 0.717) is 22.1 Å². The summed E-state index contributed by atoms with van der Waals surface area (Å²) < 4.78 is 16.2. The van der Waals surface area contributed by atoms with Gasteiger partial charge in [0, 0.05) is 22.7 Å². The van der Waals surface area contributed by atoms with E-state index in [9.17, 15) is 14.9 Å². The molecular weight excluding hydrogens is 440 g/mol. The van der Waals surface area contributed by atoms with Gasteiger partial charge in [0.25, 0.3) is 17.5 Å². The van der Waals surface area contributed by atoms with Gasteiger partial charge in [0.2, 0.25) is 0 Å². The van der Waals surface area contributed by atoms with E-state index >= 15 is 0 Å². The summed E-state index contributed by atoms with van der Waals surface area (Å²) in [5.41, 5.74) is 0.578. The maximum atomic E-state index is 12.3. The van der Waals surface area contributed by atoms with Gasteiger partial charge < -0.3 is 19.0 Å². The topological polar surface area (TPSA) is 134 Å². The zero-order valence-corrected chi connectivity index (χ0v) is 17.1. The molecule has 0 atom stereocenters. The Morgan fingerprint density at radius 3 is 2.56 bits per heavy atom. The van der Waals surface area contributed by atoms with E-state index in [4.69, 9.17) is 25.3 Å². The molecule has 1 N–H and O–H groups in total. The molecule has 32 heavy (non-hydrogen) atoms. The van der Waals surface area contributed by atoms with Crippen molar-refractivity contribution in [2.24, 2.45) is 0 Å². The molecule has 0 bridgehead atoms. The minimum absolute atomic E-state index is 0.0246. The second-order valence-corrected chi connectivity index (χ2v) is 6.93. The van der Waals surface area contributed by atoms with E-state index in [1.165, 1.54) is 18.2 Å². The van der Waals surface area contributed by atoms with Crippen molar-refractivity contribution in [1.29, 1.82) is 0 Å². The zero-order valence-electron chi connectivity index (χ0n) is 16.4. The fraction of sp³-hybridized carbons (Fsp3) is 0.0952. The largest absolute Gasteiger partial charge is 0.484 e. The Morgan fingerprint density at radius 1 is 1.09 bits per heavy atom. The number of nitro benzene ring substituents is 1. The van der Waals surface area contributed by atoms with Crippen LogP contribution in [0.5, 0.6) is 5.75 Å². The van der Waals surface area contributed by atoms with E-state index in [-0.39, 0.29) is 36.3 Å². The number of nitro groups is 1. The molecular formula is C21H15ClN4O6. The van der Waals surface area contributed by atoms with E-state index in [1.807, 2.05) is 0 Å². The number of furan rings is 1. The van der Waals surface area contributed by atoms with Crippen molar-refractivity contribution in [3.8, 4) is 17.1 Å². The van der Waals surface area contributed by atoms with Gasteiger partial charge in [-0.2, -0.15) is 4.98 Å². The molecule has 11 heteroatoms. The number of hydrogen-bond donors (Lipinski definition) is 1. The first kappa shape index (κ1) is 21.1. The van der Waals surface area contributed by atoms with Crippen LogP contribution in [-0.2, 0) is 13.2 Å². The normalized spacial score (nSPS) is 10.7. The van der Waals surface area contributed by atoms with Gasteiger partial charge in [-0.3, -0.25) is 14.9 Å². The zero-order chi connectivity index (χ0) is 22.5. The third-order valence-electron chi connectivity index (χ3n) is 4.29. The molecule has 0 radical (unpaired) electrons. The van der Waals surface area contributed by atoms with Gasteiger partial charge >= 0.3 is 0 Å². The molecule has 0 spiro atoms. The number of aromatic nitrogens is 2. The quantitative estimate of drug-likeness (QED) is 0.306. The van der Waals surface area contributed by atoms with Crippen LogP contribution in [-0.4, -0.2) is 21.0 Å². The Balaban J connectivity index is 1.30. The second kappa shape index (κ2) is 9.31. The van der Waals surface area contributed by atoms with Crippen LogP contribution >= 0.6 is 11.6 Å². The summed E-state index contributed by atoms with van der Waals surface area (Å²) in [7, 11) is 0. The Labute approximate surface area is 185 Å². The first-order valence-corrected chi connectivity index (χ1v) is 9.68. The third kappa shape index (κ3) is 5.10. The van der Waals surface area contributed by atoms with E-state index in [1.54, 1.807) is 42.5 Å². The van der Waals surface area contributed by atoms with E-state index < -0.39 is 10.8 Å². The summed E-state index contributed by atoms with van der Waals surface area (Å²) in [5.74, 6) is 1.14. The number of ether oxygens (including phenoxy) is 1. The molecule has 4 rings (SSSR count). The predicted molar refractivity (Wildman–Crippen MR) is 112 cm³/mol. The summed E-state index contributed by atoms with van der Waals surface area (Å²) in [6.45, 7) is 0.0935. The van der Waals surface area contributed by atoms with Gasteiger partial charge in [0.1, 0.15) is 11.5 Å². The first-order chi connectivity index (χ1) is 15.5. The lowest BCUT2D eigenvalue weighted by Gasteiger charge is -2.02. The lowest BCUT2D eigenvalue weighted by molar-refractivity contribution is -0.384. The van der Waals surface area contributed by atoms with Gasteiger partial charge in [0.05, 0.1) is 11.5 Å². The van der Waals surface area contributed by atoms with Gasteiger partial charge in [-0.05, 0) is 48.5 Å². The van der Waals surface area contributed by atoms with Crippen molar-refractivity contribution in [3.63, 3.8) is 0 Å². The molecule has 0 fully saturated rings. The van der Waals surface area contributed by atoms with Crippen molar-refractivity contribution in [3.05, 3.63) is 93.3 Å². The minimum Gasteiger partial charge on any atom is -0.484 e. The lowest BCUT2D eigenvalue weighted by atomic mass is 10.1. The van der Waals surface area contributed by atoms with Crippen LogP contribution in [0, 0.1) is 10.1 Å². The second-order valence-electron chi connectivity index (χ2n) is 6.50. The Bertz CT molecular complexity index is 1230. The van der Waals surface area contributed by atoms with Crippen molar-refractivity contribution < 1.29 is 23.4 Å². The Morgan fingerprint density at radius 2 is 1.84 bits per heavy atom. The number of carbonyl (C=O) groups excluding carboxylic acids is 1. The highest BCUT2D eigenvalue weighted by Gasteiger charge is 2.15. The highest BCUT2D eigenvalue weighted by Crippen LogP contribution is 2.24. The van der Waals surface area contributed by atoms with Crippen LogP contribution in [0.1, 0.15) is 22.3 Å². The summed E-state index contributed by atoms with van der Waals surface area (Å²) in [4.78, 5) is 26.7. The number of benzene rings is 2. The van der Waals surface area contributed by atoms with Gasteiger partial charge in [-0.15, -0.1) is 0 Å². The van der Waals surface area contributed by atoms with Gasteiger partial charge in [-0.1, -0.05) is 16.8 Å².